The van der Waals surface area contributed by atoms with Crippen LogP contribution in [0.25, 0.3) is 10.1 Å². The van der Waals surface area contributed by atoms with Crippen molar-refractivity contribution in [2.24, 2.45) is 0 Å². The normalized spacial score (nSPS) is 11.1. The van der Waals surface area contributed by atoms with Crippen LogP contribution in [-0.4, -0.2) is 11.4 Å². The molecule has 1 N–H and O–H groups in total. The minimum Gasteiger partial charge on any atom is -0.392 e. The zero-order valence-electron chi connectivity index (χ0n) is 8.20. The number of hydrogen-bond acceptors (Lipinski definition) is 3. The first-order valence-corrected chi connectivity index (χ1v) is 6.53. The fourth-order valence-electron chi connectivity index (χ4n) is 1.60. The average Bonchev–Trinajstić information content (AvgIpc) is 2.60. The quantitative estimate of drug-likeness (QED) is 0.789. The van der Waals surface area contributed by atoms with Gasteiger partial charge in [-0.05, 0) is 35.1 Å². The third-order valence-corrected chi connectivity index (χ3v) is 4.47. The summed E-state index contributed by atoms with van der Waals surface area (Å²) in [5.74, 6) is 0. The molecule has 1 heterocycles. The molecule has 3 heteroatoms. The Labute approximate surface area is 91.8 Å². The monoisotopic (exact) mass is 224 g/mol. The molecule has 0 aliphatic heterocycles. The van der Waals surface area contributed by atoms with Crippen molar-refractivity contribution >= 4 is 33.2 Å². The van der Waals surface area contributed by atoms with Crippen molar-refractivity contribution in [3.05, 3.63) is 28.6 Å². The molecule has 74 valence electrons. The minimum absolute atomic E-state index is 0.136. The molecule has 0 aliphatic carbocycles. The molecular formula is C11H12OS2. The molecule has 0 fully saturated rings. The lowest BCUT2D eigenvalue weighted by atomic mass is 10.1. The third-order valence-electron chi connectivity index (χ3n) is 2.35. The number of thioether (sulfide) groups is 1. The van der Waals surface area contributed by atoms with E-state index in [0.717, 1.165) is 5.56 Å². The van der Waals surface area contributed by atoms with Crippen molar-refractivity contribution in [3.63, 3.8) is 0 Å². The van der Waals surface area contributed by atoms with Crippen molar-refractivity contribution in [3.8, 4) is 0 Å². The van der Waals surface area contributed by atoms with E-state index in [-0.39, 0.29) is 6.61 Å². The van der Waals surface area contributed by atoms with E-state index in [1.54, 1.807) is 23.1 Å². The lowest BCUT2D eigenvalue weighted by molar-refractivity contribution is 0.284. The maximum Gasteiger partial charge on any atom is 0.0696 e. The van der Waals surface area contributed by atoms with E-state index in [1.807, 2.05) is 5.38 Å². The van der Waals surface area contributed by atoms with Gasteiger partial charge in [0.15, 0.2) is 0 Å². The van der Waals surface area contributed by atoms with Gasteiger partial charge >= 0.3 is 0 Å². The Morgan fingerprint density at radius 1 is 1.43 bits per heavy atom. The first kappa shape index (κ1) is 10.0. The van der Waals surface area contributed by atoms with Gasteiger partial charge < -0.3 is 5.11 Å². The maximum atomic E-state index is 9.16. The van der Waals surface area contributed by atoms with E-state index in [0.29, 0.717) is 0 Å². The molecule has 0 aliphatic rings. The first-order valence-electron chi connectivity index (χ1n) is 4.42. The highest BCUT2D eigenvalue weighted by Crippen LogP contribution is 2.35. The van der Waals surface area contributed by atoms with Gasteiger partial charge in [-0.1, -0.05) is 12.1 Å². The second kappa shape index (κ2) is 3.93. The molecule has 14 heavy (non-hydrogen) atoms. The Morgan fingerprint density at radius 3 is 2.86 bits per heavy atom. The van der Waals surface area contributed by atoms with Crippen LogP contribution in [0.15, 0.2) is 22.4 Å². The number of aryl methyl sites for hydroxylation is 1. The van der Waals surface area contributed by atoms with Gasteiger partial charge in [0.05, 0.1) is 6.61 Å². The molecule has 0 saturated carbocycles. The predicted octanol–water partition coefficient (Wildman–Crippen LogP) is 3.42. The van der Waals surface area contributed by atoms with Crippen LogP contribution >= 0.6 is 23.1 Å². The molecule has 0 saturated heterocycles. The highest BCUT2D eigenvalue weighted by Gasteiger charge is 2.08. The van der Waals surface area contributed by atoms with Crippen molar-refractivity contribution in [1.82, 2.24) is 0 Å². The van der Waals surface area contributed by atoms with Crippen molar-refractivity contribution in [2.45, 2.75) is 18.4 Å². The summed E-state index contributed by atoms with van der Waals surface area (Å²) in [5, 5.41) is 12.4. The molecule has 0 bridgehead atoms. The molecule has 2 rings (SSSR count). The highest BCUT2D eigenvalue weighted by molar-refractivity contribution is 7.99. The van der Waals surface area contributed by atoms with E-state index < -0.39 is 0 Å². The summed E-state index contributed by atoms with van der Waals surface area (Å²) in [6.45, 7) is 2.26. The van der Waals surface area contributed by atoms with Gasteiger partial charge in [-0.15, -0.1) is 23.1 Å². The van der Waals surface area contributed by atoms with Gasteiger partial charge in [0.25, 0.3) is 0 Å². The van der Waals surface area contributed by atoms with Crippen molar-refractivity contribution in [1.29, 1.82) is 0 Å². The number of thiophene rings is 1. The van der Waals surface area contributed by atoms with Gasteiger partial charge in [-0.25, -0.2) is 0 Å². The second-order valence-electron chi connectivity index (χ2n) is 3.21. The average molecular weight is 224 g/mol. The summed E-state index contributed by atoms with van der Waals surface area (Å²) in [4.78, 5) is 1.34. The molecule has 0 amide bonds. The van der Waals surface area contributed by atoms with Crippen LogP contribution in [0.5, 0.6) is 0 Å². The molecule has 1 aromatic carbocycles. The Bertz CT molecular complexity index is 460. The van der Waals surface area contributed by atoms with E-state index in [2.05, 4.69) is 25.3 Å². The molecule has 2 aromatic rings. The topological polar surface area (TPSA) is 20.2 Å². The SMILES string of the molecule is CSc1c(C)ccc2c(CO)csc12. The van der Waals surface area contributed by atoms with Gasteiger partial charge in [0.2, 0.25) is 0 Å². The summed E-state index contributed by atoms with van der Waals surface area (Å²) in [7, 11) is 0. The number of fused-ring (bicyclic) bond motifs is 1. The second-order valence-corrected chi connectivity index (χ2v) is 4.91. The van der Waals surface area contributed by atoms with Crippen LogP contribution in [0.2, 0.25) is 0 Å². The molecule has 0 spiro atoms. The van der Waals surface area contributed by atoms with E-state index in [1.165, 1.54) is 20.5 Å². The van der Waals surface area contributed by atoms with Crippen molar-refractivity contribution in [2.75, 3.05) is 6.26 Å². The summed E-state index contributed by atoms with van der Waals surface area (Å²) in [6.07, 6.45) is 2.10. The summed E-state index contributed by atoms with van der Waals surface area (Å²) < 4.78 is 1.31. The zero-order valence-corrected chi connectivity index (χ0v) is 9.84. The summed E-state index contributed by atoms with van der Waals surface area (Å²) in [6, 6.07) is 4.23. The van der Waals surface area contributed by atoms with E-state index in [9.17, 15) is 0 Å². The van der Waals surface area contributed by atoms with Crippen LogP contribution in [0.3, 0.4) is 0 Å². The summed E-state index contributed by atoms with van der Waals surface area (Å²) in [5.41, 5.74) is 2.36. The Morgan fingerprint density at radius 2 is 2.21 bits per heavy atom. The van der Waals surface area contributed by atoms with Gasteiger partial charge in [0, 0.05) is 9.60 Å². The number of benzene rings is 1. The number of hydrogen-bond donors (Lipinski definition) is 1. The van der Waals surface area contributed by atoms with E-state index in [4.69, 9.17) is 5.11 Å². The van der Waals surface area contributed by atoms with Gasteiger partial charge in [0.1, 0.15) is 0 Å². The lowest BCUT2D eigenvalue weighted by Crippen LogP contribution is -1.82. The molecule has 0 unspecified atom stereocenters. The predicted molar refractivity (Wildman–Crippen MR) is 64.3 cm³/mol. The number of aliphatic hydroxyl groups is 1. The van der Waals surface area contributed by atoms with Crippen LogP contribution < -0.4 is 0 Å². The molecule has 0 atom stereocenters. The fourth-order valence-corrected chi connectivity index (χ4v) is 3.74. The lowest BCUT2D eigenvalue weighted by Gasteiger charge is -2.03. The van der Waals surface area contributed by atoms with Crippen LogP contribution in [0.4, 0.5) is 0 Å². The smallest absolute Gasteiger partial charge is 0.0696 e. The van der Waals surface area contributed by atoms with Crippen LogP contribution in [0, 0.1) is 6.92 Å². The van der Waals surface area contributed by atoms with Crippen LogP contribution in [-0.2, 0) is 6.61 Å². The molecule has 0 radical (unpaired) electrons. The van der Waals surface area contributed by atoms with Gasteiger partial charge in [-0.3, -0.25) is 0 Å². The minimum atomic E-state index is 0.136. The first-order chi connectivity index (χ1) is 6.77. The highest BCUT2D eigenvalue weighted by atomic mass is 32.2. The summed E-state index contributed by atoms with van der Waals surface area (Å²) >= 11 is 3.50. The third kappa shape index (κ3) is 1.45. The van der Waals surface area contributed by atoms with E-state index >= 15 is 0 Å². The largest absolute Gasteiger partial charge is 0.392 e. The van der Waals surface area contributed by atoms with Crippen molar-refractivity contribution < 1.29 is 5.11 Å². The number of rotatable bonds is 2. The zero-order chi connectivity index (χ0) is 10.1. The molecule has 1 aromatic heterocycles. The fraction of sp³-hybridized carbons (Fsp3) is 0.273. The standard InChI is InChI=1S/C11H12OS2/c1-7-3-4-9-8(5-12)6-14-11(9)10(7)13-2/h3-4,6,12H,5H2,1-2H3. The van der Waals surface area contributed by atoms with Crippen LogP contribution in [0.1, 0.15) is 11.1 Å². The molecular weight excluding hydrogens is 212 g/mol. The Balaban J connectivity index is 2.76. The van der Waals surface area contributed by atoms with Gasteiger partial charge in [-0.2, -0.15) is 0 Å². The Hall–Kier alpha value is -0.510. The number of aliphatic hydroxyl groups excluding tert-OH is 1. The maximum absolute atomic E-state index is 9.16. The Kier molecular flexibility index (Phi) is 2.81. The molecule has 1 nitrogen and oxygen atoms in total.